The van der Waals surface area contributed by atoms with Crippen LogP contribution in [0, 0.1) is 0 Å². The van der Waals surface area contributed by atoms with E-state index in [1.54, 1.807) is 0 Å². The van der Waals surface area contributed by atoms with Crippen LogP contribution in [0.15, 0.2) is 34.8 Å². The number of halogens is 1. The van der Waals surface area contributed by atoms with Gasteiger partial charge in [-0.3, -0.25) is 4.79 Å². The molecule has 0 saturated carbocycles. The first kappa shape index (κ1) is 20.1. The summed E-state index contributed by atoms with van der Waals surface area (Å²) in [6, 6.07) is 8.06. The van der Waals surface area contributed by atoms with Crippen molar-refractivity contribution in [1.29, 1.82) is 0 Å². The van der Waals surface area contributed by atoms with E-state index in [2.05, 4.69) is 15.9 Å². The van der Waals surface area contributed by atoms with Crippen LogP contribution in [0.2, 0.25) is 0 Å². The number of carbonyl (C=O) groups excluding carboxylic acids is 1. The number of carbonyl (C=O) groups is 1. The van der Waals surface area contributed by atoms with Crippen LogP contribution in [0.5, 0.6) is 0 Å². The summed E-state index contributed by atoms with van der Waals surface area (Å²) in [6.07, 6.45) is 4.57. The lowest BCUT2D eigenvalue weighted by atomic mass is 10.0. The molecule has 1 saturated heterocycles. The van der Waals surface area contributed by atoms with Crippen LogP contribution >= 0.6 is 15.9 Å². The maximum Gasteiger partial charge on any atom is 0.308 e. The first-order valence-corrected chi connectivity index (χ1v) is 9.33. The lowest BCUT2D eigenvalue weighted by Crippen LogP contribution is -2.45. The van der Waals surface area contributed by atoms with Crippen LogP contribution in [0.3, 0.4) is 0 Å². The van der Waals surface area contributed by atoms with Crippen molar-refractivity contribution in [3.05, 3.63) is 40.4 Å². The van der Waals surface area contributed by atoms with Crippen LogP contribution in [0.25, 0.3) is 6.08 Å². The highest BCUT2D eigenvalue weighted by atomic mass is 79.9. The van der Waals surface area contributed by atoms with E-state index in [4.69, 9.17) is 14.2 Å². The Kier molecular flexibility index (Phi) is 6.46. The van der Waals surface area contributed by atoms with Gasteiger partial charge in [0.25, 0.3) is 0 Å². The maximum atomic E-state index is 12.1. The molecule has 0 aromatic heterocycles. The van der Waals surface area contributed by atoms with Crippen LogP contribution in [0.4, 0.5) is 0 Å². The molecule has 1 heterocycles. The molecule has 0 bridgehead atoms. The summed E-state index contributed by atoms with van der Waals surface area (Å²) in [7, 11) is 0. The SMILES string of the molecule is CC(C)(C)OC(=O)C[C@H]1C[C@@H](C=Cc2ccc(Br)cc2)OC(C)(C)O1. The monoisotopic (exact) mass is 410 g/mol. The van der Waals surface area contributed by atoms with Gasteiger partial charge in [0.2, 0.25) is 0 Å². The minimum atomic E-state index is -0.736. The van der Waals surface area contributed by atoms with Gasteiger partial charge < -0.3 is 14.2 Å². The van der Waals surface area contributed by atoms with Gasteiger partial charge in [-0.2, -0.15) is 0 Å². The van der Waals surface area contributed by atoms with Crippen molar-refractivity contribution in [2.75, 3.05) is 0 Å². The summed E-state index contributed by atoms with van der Waals surface area (Å²) >= 11 is 3.43. The van der Waals surface area contributed by atoms with Gasteiger partial charge in [0.15, 0.2) is 5.79 Å². The first-order chi connectivity index (χ1) is 11.5. The van der Waals surface area contributed by atoms with Gasteiger partial charge in [0.05, 0.1) is 18.6 Å². The van der Waals surface area contributed by atoms with Gasteiger partial charge in [0.1, 0.15) is 5.60 Å². The van der Waals surface area contributed by atoms with E-state index in [0.717, 1.165) is 10.0 Å². The van der Waals surface area contributed by atoms with E-state index >= 15 is 0 Å². The van der Waals surface area contributed by atoms with Crippen LogP contribution in [0.1, 0.15) is 53.0 Å². The number of ether oxygens (including phenoxy) is 3. The minimum absolute atomic E-state index is 0.111. The highest BCUT2D eigenvalue weighted by Gasteiger charge is 2.36. The molecule has 1 aliphatic rings. The number of hydrogen-bond donors (Lipinski definition) is 0. The topological polar surface area (TPSA) is 44.8 Å². The zero-order chi connectivity index (χ0) is 18.7. The Morgan fingerprint density at radius 3 is 2.52 bits per heavy atom. The van der Waals surface area contributed by atoms with Crippen molar-refractivity contribution in [2.45, 2.75) is 71.1 Å². The van der Waals surface area contributed by atoms with Crippen LogP contribution < -0.4 is 0 Å². The number of rotatable bonds is 4. The van der Waals surface area contributed by atoms with Crippen LogP contribution in [-0.2, 0) is 19.0 Å². The molecular weight excluding hydrogens is 384 g/mol. The van der Waals surface area contributed by atoms with E-state index < -0.39 is 11.4 Å². The molecule has 0 radical (unpaired) electrons. The Morgan fingerprint density at radius 2 is 1.92 bits per heavy atom. The molecule has 0 unspecified atom stereocenters. The molecule has 0 amide bonds. The molecule has 1 aromatic rings. The van der Waals surface area contributed by atoms with Gasteiger partial charge in [-0.25, -0.2) is 0 Å². The van der Waals surface area contributed by atoms with E-state index in [-0.39, 0.29) is 24.6 Å². The van der Waals surface area contributed by atoms with E-state index in [9.17, 15) is 4.79 Å². The second kappa shape index (κ2) is 8.02. The third-order valence-electron chi connectivity index (χ3n) is 3.57. The average molecular weight is 411 g/mol. The molecular formula is C20H27BrO4. The average Bonchev–Trinajstić information content (AvgIpc) is 2.42. The first-order valence-electron chi connectivity index (χ1n) is 8.54. The summed E-state index contributed by atoms with van der Waals surface area (Å²) in [5.74, 6) is -0.981. The fraction of sp³-hybridized carbons (Fsp3) is 0.550. The van der Waals surface area contributed by atoms with E-state index in [1.165, 1.54) is 0 Å². The van der Waals surface area contributed by atoms with Crippen molar-refractivity contribution in [3.8, 4) is 0 Å². The summed E-state index contributed by atoms with van der Waals surface area (Å²) in [5, 5.41) is 0. The maximum absolute atomic E-state index is 12.1. The fourth-order valence-electron chi connectivity index (χ4n) is 2.75. The molecule has 5 heteroatoms. The molecule has 0 N–H and O–H groups in total. The quantitative estimate of drug-likeness (QED) is 0.647. The molecule has 1 aliphatic heterocycles. The van der Waals surface area contributed by atoms with Crippen LogP contribution in [-0.4, -0.2) is 29.6 Å². The Morgan fingerprint density at radius 1 is 1.28 bits per heavy atom. The number of benzene rings is 1. The van der Waals surface area contributed by atoms with Crippen molar-refractivity contribution in [1.82, 2.24) is 0 Å². The van der Waals surface area contributed by atoms with E-state index in [0.29, 0.717) is 6.42 Å². The predicted molar refractivity (Wildman–Crippen MR) is 102 cm³/mol. The third-order valence-corrected chi connectivity index (χ3v) is 4.10. The second-order valence-electron chi connectivity index (χ2n) is 7.73. The molecule has 138 valence electrons. The summed E-state index contributed by atoms with van der Waals surface area (Å²) < 4.78 is 18.3. The van der Waals surface area contributed by atoms with Gasteiger partial charge in [0, 0.05) is 10.9 Å². The summed E-state index contributed by atoms with van der Waals surface area (Å²) in [5.41, 5.74) is 0.610. The van der Waals surface area contributed by atoms with E-state index in [1.807, 2.05) is 71.0 Å². The van der Waals surface area contributed by atoms with Crippen molar-refractivity contribution < 1.29 is 19.0 Å². The van der Waals surface area contributed by atoms with Gasteiger partial charge >= 0.3 is 5.97 Å². The Hall–Kier alpha value is -1.17. The largest absolute Gasteiger partial charge is 0.460 e. The Balaban J connectivity index is 2.00. The molecule has 1 aromatic carbocycles. The van der Waals surface area contributed by atoms with Crippen molar-refractivity contribution in [2.24, 2.45) is 0 Å². The molecule has 0 spiro atoms. The molecule has 2 rings (SSSR count). The second-order valence-corrected chi connectivity index (χ2v) is 8.65. The molecule has 25 heavy (non-hydrogen) atoms. The molecule has 0 aliphatic carbocycles. The lowest BCUT2D eigenvalue weighted by molar-refractivity contribution is -0.290. The Bertz CT molecular complexity index is 614. The smallest absolute Gasteiger partial charge is 0.308 e. The van der Waals surface area contributed by atoms with Gasteiger partial charge in [-0.15, -0.1) is 0 Å². The standard InChI is InChI=1S/C20H27BrO4/c1-19(2,3)25-18(22)13-17-12-16(23-20(4,5)24-17)11-8-14-6-9-15(21)10-7-14/h6-11,16-17H,12-13H2,1-5H3/t16-,17-/m1/s1. The van der Waals surface area contributed by atoms with Crippen molar-refractivity contribution >= 4 is 28.0 Å². The third kappa shape index (κ3) is 7.30. The molecule has 2 atom stereocenters. The normalized spacial score (nSPS) is 23.6. The fourth-order valence-corrected chi connectivity index (χ4v) is 3.02. The summed E-state index contributed by atoms with van der Waals surface area (Å²) in [4.78, 5) is 12.1. The highest BCUT2D eigenvalue weighted by molar-refractivity contribution is 9.10. The van der Waals surface area contributed by atoms with Gasteiger partial charge in [-0.1, -0.05) is 40.2 Å². The van der Waals surface area contributed by atoms with Crippen molar-refractivity contribution in [3.63, 3.8) is 0 Å². The zero-order valence-corrected chi connectivity index (χ0v) is 17.1. The Labute approximate surface area is 158 Å². The zero-order valence-electron chi connectivity index (χ0n) is 15.5. The minimum Gasteiger partial charge on any atom is -0.460 e. The molecule has 4 nitrogen and oxygen atoms in total. The highest BCUT2D eigenvalue weighted by Crippen LogP contribution is 2.30. The molecule has 1 fully saturated rings. The number of esters is 1. The predicted octanol–water partition coefficient (Wildman–Crippen LogP) is 5.10. The lowest BCUT2D eigenvalue weighted by Gasteiger charge is -2.39. The number of hydrogen-bond acceptors (Lipinski definition) is 4. The van der Waals surface area contributed by atoms with Gasteiger partial charge in [-0.05, 0) is 52.3 Å². The summed E-state index contributed by atoms with van der Waals surface area (Å²) in [6.45, 7) is 9.33.